The van der Waals surface area contributed by atoms with Crippen molar-refractivity contribution in [3.8, 4) is 0 Å². The van der Waals surface area contributed by atoms with Gasteiger partial charge in [0, 0.05) is 12.6 Å². The van der Waals surface area contributed by atoms with Gasteiger partial charge >= 0.3 is 0 Å². The minimum atomic E-state index is -0.303. The topological polar surface area (TPSA) is 49.0 Å². The monoisotopic (exact) mass is 269 g/mol. The van der Waals surface area contributed by atoms with E-state index in [1.54, 1.807) is 6.20 Å². The van der Waals surface area contributed by atoms with E-state index in [9.17, 15) is 4.79 Å². The number of hydrogen-bond donors (Lipinski definition) is 1. The fraction of sp³-hybridized carbons (Fsp3) is 0.692. The predicted molar refractivity (Wildman–Crippen MR) is 74.3 cm³/mol. The first-order valence-corrected chi connectivity index (χ1v) is 7.02. The van der Waals surface area contributed by atoms with Crippen molar-refractivity contribution in [2.45, 2.75) is 45.6 Å². The molecular formula is C13H20ClN3O. The van der Waals surface area contributed by atoms with Gasteiger partial charge in [-0.15, -0.1) is 0 Å². The van der Waals surface area contributed by atoms with E-state index < -0.39 is 0 Å². The highest BCUT2D eigenvalue weighted by Crippen LogP contribution is 2.33. The van der Waals surface area contributed by atoms with Gasteiger partial charge in [-0.25, -0.2) is 5.10 Å². The summed E-state index contributed by atoms with van der Waals surface area (Å²) >= 11 is 6.09. The van der Waals surface area contributed by atoms with Gasteiger partial charge in [0.1, 0.15) is 5.02 Å². The van der Waals surface area contributed by atoms with Crippen molar-refractivity contribution in [3.63, 3.8) is 0 Å². The van der Waals surface area contributed by atoms with Crippen LogP contribution in [0.2, 0.25) is 5.02 Å². The molecule has 5 heteroatoms. The normalized spacial score (nSPS) is 21.3. The summed E-state index contributed by atoms with van der Waals surface area (Å²) in [5.74, 6) is 0.618. The van der Waals surface area contributed by atoms with Crippen LogP contribution < -0.4 is 10.5 Å². The maximum absolute atomic E-state index is 11.5. The molecule has 2 heterocycles. The van der Waals surface area contributed by atoms with Gasteiger partial charge in [0.05, 0.1) is 11.9 Å². The molecule has 1 saturated heterocycles. The van der Waals surface area contributed by atoms with Crippen molar-refractivity contribution in [1.82, 2.24) is 10.2 Å². The first kappa shape index (κ1) is 13.4. The molecule has 0 aliphatic carbocycles. The molecule has 0 bridgehead atoms. The van der Waals surface area contributed by atoms with E-state index in [0.717, 1.165) is 18.7 Å². The maximum Gasteiger partial charge on any atom is 0.285 e. The van der Waals surface area contributed by atoms with E-state index in [1.807, 2.05) is 0 Å². The lowest BCUT2D eigenvalue weighted by atomic mass is 9.95. The van der Waals surface area contributed by atoms with Crippen LogP contribution >= 0.6 is 11.6 Å². The standard InChI is InChI=1S/C13H20ClN3O/c1-3-5-9(2)10-6-4-7-17(10)11-8-15-16-13(18)12(11)14/h8-10H,3-7H2,1-2H3,(H,16,18). The molecule has 0 radical (unpaired) electrons. The number of halogens is 1. The molecule has 0 aromatic carbocycles. The third-order valence-corrected chi connectivity index (χ3v) is 4.15. The zero-order valence-electron chi connectivity index (χ0n) is 10.9. The van der Waals surface area contributed by atoms with E-state index in [2.05, 4.69) is 28.9 Å². The number of aromatic amines is 1. The molecule has 2 rings (SSSR count). The van der Waals surface area contributed by atoms with Crippen molar-refractivity contribution in [3.05, 3.63) is 21.6 Å². The molecule has 0 spiro atoms. The quantitative estimate of drug-likeness (QED) is 0.914. The molecule has 1 fully saturated rings. The van der Waals surface area contributed by atoms with E-state index in [1.165, 1.54) is 19.3 Å². The number of H-pyrrole nitrogens is 1. The summed E-state index contributed by atoms with van der Waals surface area (Å²) in [6.45, 7) is 5.45. The van der Waals surface area contributed by atoms with Crippen molar-refractivity contribution in [2.24, 2.45) is 5.92 Å². The lowest BCUT2D eigenvalue weighted by molar-refractivity contribution is 0.421. The highest BCUT2D eigenvalue weighted by atomic mass is 35.5. The number of nitrogens with one attached hydrogen (secondary N) is 1. The first-order valence-electron chi connectivity index (χ1n) is 6.65. The second-order valence-electron chi connectivity index (χ2n) is 5.07. The SMILES string of the molecule is CCCC(C)C1CCCN1c1cn[nH]c(=O)c1Cl. The molecule has 1 aromatic rings. The summed E-state index contributed by atoms with van der Waals surface area (Å²) in [6, 6.07) is 0.478. The van der Waals surface area contributed by atoms with Crippen LogP contribution in [0.25, 0.3) is 0 Å². The number of aromatic nitrogens is 2. The van der Waals surface area contributed by atoms with Crippen molar-refractivity contribution < 1.29 is 0 Å². The number of nitrogens with zero attached hydrogens (tertiary/aromatic N) is 2. The van der Waals surface area contributed by atoms with Gasteiger partial charge in [0.15, 0.2) is 0 Å². The minimum Gasteiger partial charge on any atom is -0.366 e. The molecule has 1 N–H and O–H groups in total. The maximum atomic E-state index is 11.5. The van der Waals surface area contributed by atoms with Crippen LogP contribution in [0.1, 0.15) is 39.5 Å². The summed E-state index contributed by atoms with van der Waals surface area (Å²) in [5, 5.41) is 6.50. The van der Waals surface area contributed by atoms with Crippen LogP contribution in [0.4, 0.5) is 5.69 Å². The van der Waals surface area contributed by atoms with Crippen molar-refractivity contribution in [1.29, 1.82) is 0 Å². The Labute approximate surface area is 112 Å². The van der Waals surface area contributed by atoms with E-state index in [4.69, 9.17) is 11.6 Å². The summed E-state index contributed by atoms with van der Waals surface area (Å²) in [7, 11) is 0. The number of rotatable bonds is 4. The Morgan fingerprint density at radius 2 is 2.44 bits per heavy atom. The van der Waals surface area contributed by atoms with Gasteiger partial charge in [0.2, 0.25) is 0 Å². The Hall–Kier alpha value is -1.03. The molecule has 1 aliphatic heterocycles. The lowest BCUT2D eigenvalue weighted by Gasteiger charge is -2.31. The third-order valence-electron chi connectivity index (χ3n) is 3.79. The second-order valence-corrected chi connectivity index (χ2v) is 5.45. The first-order chi connectivity index (χ1) is 8.65. The van der Waals surface area contributed by atoms with Gasteiger partial charge in [-0.3, -0.25) is 4.79 Å². The van der Waals surface area contributed by atoms with Crippen molar-refractivity contribution in [2.75, 3.05) is 11.4 Å². The zero-order chi connectivity index (χ0) is 13.1. The van der Waals surface area contributed by atoms with Crippen LogP contribution in [0.15, 0.2) is 11.0 Å². The molecule has 1 aromatic heterocycles. The highest BCUT2D eigenvalue weighted by Gasteiger charge is 2.30. The largest absolute Gasteiger partial charge is 0.366 e. The number of anilines is 1. The molecule has 4 nitrogen and oxygen atoms in total. The molecule has 0 saturated carbocycles. The van der Waals surface area contributed by atoms with Crippen LogP contribution in [0, 0.1) is 5.92 Å². The Bertz CT molecular complexity index is 460. The zero-order valence-corrected chi connectivity index (χ0v) is 11.7. The summed E-state index contributed by atoms with van der Waals surface area (Å²) in [5.41, 5.74) is 0.480. The molecule has 100 valence electrons. The van der Waals surface area contributed by atoms with Crippen LogP contribution in [-0.2, 0) is 0 Å². The fourth-order valence-electron chi connectivity index (χ4n) is 2.91. The van der Waals surface area contributed by atoms with Gasteiger partial charge in [-0.05, 0) is 25.2 Å². The van der Waals surface area contributed by atoms with Crippen LogP contribution in [0.5, 0.6) is 0 Å². The minimum absolute atomic E-state index is 0.264. The summed E-state index contributed by atoms with van der Waals surface area (Å²) < 4.78 is 0. The molecule has 0 amide bonds. The van der Waals surface area contributed by atoms with E-state index >= 15 is 0 Å². The Kier molecular flexibility index (Phi) is 4.27. The molecule has 18 heavy (non-hydrogen) atoms. The average Bonchev–Trinajstić information content (AvgIpc) is 2.82. The van der Waals surface area contributed by atoms with Crippen molar-refractivity contribution >= 4 is 17.3 Å². The van der Waals surface area contributed by atoms with E-state index in [0.29, 0.717) is 12.0 Å². The Morgan fingerprint density at radius 1 is 1.67 bits per heavy atom. The fourth-order valence-corrected chi connectivity index (χ4v) is 3.10. The van der Waals surface area contributed by atoms with E-state index in [-0.39, 0.29) is 10.6 Å². The number of hydrogen-bond acceptors (Lipinski definition) is 3. The second kappa shape index (κ2) is 5.74. The average molecular weight is 270 g/mol. The van der Waals surface area contributed by atoms with Gasteiger partial charge in [0.25, 0.3) is 5.56 Å². The molecular weight excluding hydrogens is 250 g/mol. The van der Waals surface area contributed by atoms with Gasteiger partial charge in [-0.1, -0.05) is 31.9 Å². The molecule has 1 aliphatic rings. The highest BCUT2D eigenvalue weighted by molar-refractivity contribution is 6.33. The van der Waals surface area contributed by atoms with Gasteiger partial charge < -0.3 is 4.90 Å². The smallest absolute Gasteiger partial charge is 0.285 e. The van der Waals surface area contributed by atoms with Crippen LogP contribution in [0.3, 0.4) is 0 Å². The third kappa shape index (κ3) is 2.53. The lowest BCUT2D eigenvalue weighted by Crippen LogP contribution is -2.35. The Balaban J connectivity index is 2.26. The van der Waals surface area contributed by atoms with Crippen LogP contribution in [-0.4, -0.2) is 22.8 Å². The summed E-state index contributed by atoms with van der Waals surface area (Å²) in [4.78, 5) is 13.8. The molecule has 2 unspecified atom stereocenters. The summed E-state index contributed by atoms with van der Waals surface area (Å²) in [6.07, 6.45) is 6.38. The predicted octanol–water partition coefficient (Wildman–Crippen LogP) is 2.83. The van der Waals surface area contributed by atoms with Gasteiger partial charge in [-0.2, -0.15) is 5.10 Å². The Morgan fingerprint density at radius 3 is 3.17 bits per heavy atom. The molecule has 2 atom stereocenters.